The van der Waals surface area contributed by atoms with Crippen LogP contribution in [0.1, 0.15) is 0 Å². The Kier molecular flexibility index (Phi) is 5.72. The number of rotatable bonds is 6. The summed E-state index contributed by atoms with van der Waals surface area (Å²) in [5, 5.41) is 0.721. The fraction of sp³-hybridized carbons (Fsp3) is 0.412. The van der Waals surface area contributed by atoms with E-state index < -0.39 is 0 Å². The summed E-state index contributed by atoms with van der Waals surface area (Å²) in [6.45, 7) is 5.36. The number of halogens is 1. The van der Waals surface area contributed by atoms with Crippen LogP contribution in [0, 0.1) is 0 Å². The minimum absolute atomic E-state index is 0.547. The molecule has 0 atom stereocenters. The first kappa shape index (κ1) is 16.8. The number of methoxy groups -OCH3 is 1. The average molecular weight is 349 g/mol. The predicted octanol–water partition coefficient (Wildman–Crippen LogP) is 2.34. The summed E-state index contributed by atoms with van der Waals surface area (Å²) < 4.78 is 10.9. The van der Waals surface area contributed by atoms with Gasteiger partial charge in [0.15, 0.2) is 5.82 Å². The largest absolute Gasteiger partial charge is 0.492 e. The van der Waals surface area contributed by atoms with Gasteiger partial charge in [0, 0.05) is 37.7 Å². The first-order valence-electron chi connectivity index (χ1n) is 7.96. The van der Waals surface area contributed by atoms with Crippen molar-refractivity contribution in [3.63, 3.8) is 0 Å². The van der Waals surface area contributed by atoms with E-state index in [1.54, 1.807) is 19.5 Å². The van der Waals surface area contributed by atoms with Gasteiger partial charge in [-0.3, -0.25) is 9.88 Å². The molecule has 0 saturated carbocycles. The van der Waals surface area contributed by atoms with Gasteiger partial charge in [-0.15, -0.1) is 0 Å². The molecule has 1 fully saturated rings. The van der Waals surface area contributed by atoms with Crippen LogP contribution in [-0.2, 0) is 0 Å². The molecule has 3 rings (SSSR count). The van der Waals surface area contributed by atoms with Crippen LogP contribution >= 0.6 is 11.6 Å². The molecule has 0 bridgehead atoms. The molecule has 2 heterocycles. The summed E-state index contributed by atoms with van der Waals surface area (Å²) in [5.41, 5.74) is 0. The maximum Gasteiger partial charge on any atom is 0.233 e. The fourth-order valence-electron chi connectivity index (χ4n) is 2.61. The zero-order valence-electron chi connectivity index (χ0n) is 13.7. The Morgan fingerprint density at radius 1 is 1.08 bits per heavy atom. The second-order valence-electron chi connectivity index (χ2n) is 5.55. The third kappa shape index (κ3) is 4.49. The van der Waals surface area contributed by atoms with Crippen molar-refractivity contribution >= 4 is 17.4 Å². The first-order chi connectivity index (χ1) is 11.7. The Labute approximate surface area is 147 Å². The van der Waals surface area contributed by atoms with E-state index in [1.807, 2.05) is 24.3 Å². The summed E-state index contributed by atoms with van der Waals surface area (Å²) in [4.78, 5) is 13.2. The summed E-state index contributed by atoms with van der Waals surface area (Å²) >= 11 is 5.86. The summed E-state index contributed by atoms with van der Waals surface area (Å²) in [6, 6.07) is 7.46. The minimum atomic E-state index is 0.547. The van der Waals surface area contributed by atoms with Gasteiger partial charge in [0.2, 0.25) is 5.88 Å². The summed E-state index contributed by atoms with van der Waals surface area (Å²) in [7, 11) is 1.60. The lowest BCUT2D eigenvalue weighted by Crippen LogP contribution is -2.47. The molecule has 6 nitrogen and oxygen atoms in total. The number of anilines is 1. The van der Waals surface area contributed by atoms with Crippen molar-refractivity contribution in [3.8, 4) is 11.6 Å². The lowest BCUT2D eigenvalue weighted by atomic mass is 10.3. The molecule has 1 aliphatic heterocycles. The van der Waals surface area contributed by atoms with Crippen LogP contribution in [0.2, 0.25) is 5.02 Å². The van der Waals surface area contributed by atoms with Crippen LogP contribution in [0.3, 0.4) is 0 Å². The third-order valence-corrected chi connectivity index (χ3v) is 4.25. The molecule has 0 N–H and O–H groups in total. The van der Waals surface area contributed by atoms with Crippen LogP contribution in [0.4, 0.5) is 5.82 Å². The molecule has 1 saturated heterocycles. The van der Waals surface area contributed by atoms with Crippen molar-refractivity contribution in [2.75, 3.05) is 51.3 Å². The zero-order valence-corrected chi connectivity index (χ0v) is 14.4. The SMILES string of the molecule is COc1cncc(N2CCN(CCOc3ccc(Cl)cc3)CC2)n1. The molecule has 0 spiro atoms. The summed E-state index contributed by atoms with van der Waals surface area (Å²) in [5.74, 6) is 2.27. The highest BCUT2D eigenvalue weighted by atomic mass is 35.5. The molecule has 1 aliphatic rings. The van der Waals surface area contributed by atoms with Crippen molar-refractivity contribution in [2.45, 2.75) is 0 Å². The molecule has 1 aromatic carbocycles. The van der Waals surface area contributed by atoms with Crippen LogP contribution in [0.25, 0.3) is 0 Å². The van der Waals surface area contributed by atoms with Crippen LogP contribution < -0.4 is 14.4 Å². The third-order valence-electron chi connectivity index (χ3n) is 4.00. The Morgan fingerprint density at radius 2 is 1.83 bits per heavy atom. The summed E-state index contributed by atoms with van der Waals surface area (Å²) in [6.07, 6.45) is 3.40. The van der Waals surface area contributed by atoms with E-state index in [9.17, 15) is 0 Å². The Bertz CT molecular complexity index is 645. The van der Waals surface area contributed by atoms with Gasteiger partial charge < -0.3 is 14.4 Å². The van der Waals surface area contributed by atoms with Crippen LogP contribution in [-0.4, -0.2) is 61.3 Å². The van der Waals surface area contributed by atoms with E-state index in [2.05, 4.69) is 19.8 Å². The maximum absolute atomic E-state index is 5.86. The van der Waals surface area contributed by atoms with Gasteiger partial charge in [0.25, 0.3) is 0 Å². The topological polar surface area (TPSA) is 50.7 Å². The van der Waals surface area contributed by atoms with Crippen molar-refractivity contribution < 1.29 is 9.47 Å². The fourth-order valence-corrected chi connectivity index (χ4v) is 2.74. The van der Waals surface area contributed by atoms with Gasteiger partial charge >= 0.3 is 0 Å². The molecule has 0 amide bonds. The highest BCUT2D eigenvalue weighted by molar-refractivity contribution is 6.30. The quantitative estimate of drug-likeness (QED) is 0.798. The Balaban J connectivity index is 1.42. The number of nitrogens with zero attached hydrogens (tertiary/aromatic N) is 4. The molecular formula is C17H21ClN4O2. The van der Waals surface area contributed by atoms with E-state index in [1.165, 1.54) is 0 Å². The molecule has 2 aromatic rings. The number of aromatic nitrogens is 2. The first-order valence-corrected chi connectivity index (χ1v) is 8.34. The van der Waals surface area contributed by atoms with Gasteiger partial charge in [-0.1, -0.05) is 11.6 Å². The van der Waals surface area contributed by atoms with Crippen molar-refractivity contribution in [2.24, 2.45) is 0 Å². The smallest absolute Gasteiger partial charge is 0.233 e. The number of piperazine rings is 1. The van der Waals surface area contributed by atoms with Crippen molar-refractivity contribution in [1.82, 2.24) is 14.9 Å². The molecule has 0 unspecified atom stereocenters. The molecule has 0 aliphatic carbocycles. The average Bonchev–Trinajstić information content (AvgIpc) is 2.64. The van der Waals surface area contributed by atoms with E-state index in [0.717, 1.165) is 49.3 Å². The lowest BCUT2D eigenvalue weighted by molar-refractivity contribution is 0.200. The van der Waals surface area contributed by atoms with E-state index in [0.29, 0.717) is 12.5 Å². The lowest BCUT2D eigenvalue weighted by Gasteiger charge is -2.35. The van der Waals surface area contributed by atoms with Crippen molar-refractivity contribution in [3.05, 3.63) is 41.7 Å². The number of benzene rings is 1. The Morgan fingerprint density at radius 3 is 2.54 bits per heavy atom. The second kappa shape index (κ2) is 8.17. The highest BCUT2D eigenvalue weighted by Gasteiger charge is 2.18. The standard InChI is InChI=1S/C17H21ClN4O2/c1-23-17-13-19-12-16(20-17)22-8-6-21(7-9-22)10-11-24-15-4-2-14(18)3-5-15/h2-5,12-13H,6-11H2,1H3. The van der Waals surface area contributed by atoms with Gasteiger partial charge in [-0.25, -0.2) is 0 Å². The number of ether oxygens (including phenoxy) is 2. The van der Waals surface area contributed by atoms with Gasteiger partial charge in [0.1, 0.15) is 12.4 Å². The van der Waals surface area contributed by atoms with Crippen LogP contribution in [0.15, 0.2) is 36.7 Å². The number of hydrogen-bond donors (Lipinski definition) is 0. The zero-order chi connectivity index (χ0) is 16.8. The molecule has 7 heteroatoms. The van der Waals surface area contributed by atoms with Gasteiger partial charge in [0.05, 0.1) is 19.5 Å². The highest BCUT2D eigenvalue weighted by Crippen LogP contribution is 2.17. The van der Waals surface area contributed by atoms with Gasteiger partial charge in [-0.2, -0.15) is 4.98 Å². The normalized spacial score (nSPS) is 15.3. The van der Waals surface area contributed by atoms with Crippen LogP contribution in [0.5, 0.6) is 11.6 Å². The van der Waals surface area contributed by atoms with E-state index in [4.69, 9.17) is 21.1 Å². The Hall–Kier alpha value is -2.05. The predicted molar refractivity (Wildman–Crippen MR) is 94.2 cm³/mol. The molecule has 24 heavy (non-hydrogen) atoms. The minimum Gasteiger partial charge on any atom is -0.492 e. The van der Waals surface area contributed by atoms with E-state index >= 15 is 0 Å². The molecule has 0 radical (unpaired) electrons. The number of hydrogen-bond acceptors (Lipinski definition) is 6. The molecule has 128 valence electrons. The monoisotopic (exact) mass is 348 g/mol. The van der Waals surface area contributed by atoms with E-state index in [-0.39, 0.29) is 0 Å². The second-order valence-corrected chi connectivity index (χ2v) is 5.99. The van der Waals surface area contributed by atoms with Crippen molar-refractivity contribution in [1.29, 1.82) is 0 Å². The van der Waals surface area contributed by atoms with Gasteiger partial charge in [-0.05, 0) is 24.3 Å². The molecular weight excluding hydrogens is 328 g/mol. The molecule has 1 aromatic heterocycles. The maximum atomic E-state index is 5.86.